The van der Waals surface area contributed by atoms with Crippen LogP contribution in [0.5, 0.6) is 0 Å². The summed E-state index contributed by atoms with van der Waals surface area (Å²) in [5, 5.41) is 0. The SMILES string of the molecule is Cc1cc(N2CCC(N3CCC[C@@H]3C)CC2)ccc1N1CCC2(CCN(C(=O)OC(C)(C)C)CC2)C1=O. The summed E-state index contributed by atoms with van der Waals surface area (Å²) in [6.45, 7) is 15.6. The molecule has 1 atom stereocenters. The van der Waals surface area contributed by atoms with E-state index in [9.17, 15) is 9.59 Å². The van der Waals surface area contributed by atoms with Crippen LogP contribution in [0.2, 0.25) is 0 Å². The number of hydrogen-bond acceptors (Lipinski definition) is 5. The van der Waals surface area contributed by atoms with E-state index < -0.39 is 5.60 Å². The average molecular weight is 511 g/mol. The summed E-state index contributed by atoms with van der Waals surface area (Å²) in [7, 11) is 0. The van der Waals surface area contributed by atoms with Gasteiger partial charge in [0, 0.05) is 56.2 Å². The lowest BCUT2D eigenvalue weighted by molar-refractivity contribution is -0.128. The van der Waals surface area contributed by atoms with Crippen LogP contribution in [0.15, 0.2) is 18.2 Å². The second-order valence-corrected chi connectivity index (χ2v) is 12.9. The molecule has 0 unspecified atom stereocenters. The second kappa shape index (κ2) is 10.1. The molecule has 1 aromatic carbocycles. The fraction of sp³-hybridized carbons (Fsp3) is 0.733. The highest BCUT2D eigenvalue weighted by Crippen LogP contribution is 2.44. The Morgan fingerprint density at radius 3 is 2.24 bits per heavy atom. The van der Waals surface area contributed by atoms with Crippen LogP contribution in [-0.2, 0) is 9.53 Å². The molecule has 37 heavy (non-hydrogen) atoms. The number of anilines is 2. The summed E-state index contributed by atoms with van der Waals surface area (Å²) in [6, 6.07) is 8.12. The number of aryl methyl sites for hydroxylation is 1. The highest BCUT2D eigenvalue weighted by molar-refractivity contribution is 6.00. The van der Waals surface area contributed by atoms with Crippen LogP contribution in [0.1, 0.15) is 78.2 Å². The maximum absolute atomic E-state index is 13.7. The Morgan fingerprint density at radius 1 is 0.973 bits per heavy atom. The monoisotopic (exact) mass is 510 g/mol. The van der Waals surface area contributed by atoms with Gasteiger partial charge in [0.25, 0.3) is 0 Å². The first-order valence-electron chi connectivity index (χ1n) is 14.5. The van der Waals surface area contributed by atoms with Crippen LogP contribution < -0.4 is 9.80 Å². The van der Waals surface area contributed by atoms with Gasteiger partial charge in [-0.05, 0) is 110 Å². The van der Waals surface area contributed by atoms with Crippen LogP contribution >= 0.6 is 0 Å². The fourth-order valence-electron chi connectivity index (χ4n) is 7.05. The smallest absolute Gasteiger partial charge is 0.410 e. The molecule has 0 aromatic heterocycles. The third-order valence-corrected chi connectivity index (χ3v) is 9.26. The van der Waals surface area contributed by atoms with Crippen LogP contribution in [-0.4, -0.2) is 78.8 Å². The number of hydrogen-bond donors (Lipinski definition) is 0. The first-order valence-corrected chi connectivity index (χ1v) is 14.5. The second-order valence-electron chi connectivity index (χ2n) is 12.9. The molecular weight excluding hydrogens is 464 g/mol. The van der Waals surface area contributed by atoms with Gasteiger partial charge in [-0.2, -0.15) is 0 Å². The normalized spacial score (nSPS) is 25.4. The van der Waals surface area contributed by atoms with Crippen molar-refractivity contribution in [2.24, 2.45) is 5.41 Å². The van der Waals surface area contributed by atoms with Crippen molar-refractivity contribution in [2.75, 3.05) is 49.1 Å². The lowest BCUT2D eigenvalue weighted by Crippen LogP contribution is -2.48. The number of benzene rings is 1. The molecule has 2 amide bonds. The Bertz CT molecular complexity index is 1000. The molecule has 1 aromatic rings. The third-order valence-electron chi connectivity index (χ3n) is 9.26. The predicted molar refractivity (Wildman–Crippen MR) is 148 cm³/mol. The topological polar surface area (TPSA) is 56.3 Å². The Labute approximate surface area is 223 Å². The zero-order valence-electron chi connectivity index (χ0n) is 23.6. The van der Waals surface area contributed by atoms with Gasteiger partial charge in [0.2, 0.25) is 5.91 Å². The summed E-state index contributed by atoms with van der Waals surface area (Å²) in [5.41, 5.74) is 2.64. The van der Waals surface area contributed by atoms with E-state index in [-0.39, 0.29) is 17.4 Å². The lowest BCUT2D eigenvalue weighted by Gasteiger charge is -2.40. The van der Waals surface area contributed by atoms with E-state index in [0.717, 1.165) is 43.8 Å². The van der Waals surface area contributed by atoms with E-state index in [0.29, 0.717) is 25.9 Å². The molecule has 4 aliphatic heterocycles. The summed E-state index contributed by atoms with van der Waals surface area (Å²) in [5.74, 6) is 0.229. The number of rotatable bonds is 3. The van der Waals surface area contributed by atoms with Crippen molar-refractivity contribution in [1.29, 1.82) is 0 Å². The zero-order chi connectivity index (χ0) is 26.4. The largest absolute Gasteiger partial charge is 0.444 e. The van der Waals surface area contributed by atoms with Gasteiger partial charge in [-0.25, -0.2) is 4.79 Å². The van der Waals surface area contributed by atoms with Crippen molar-refractivity contribution in [2.45, 2.75) is 97.2 Å². The molecule has 5 rings (SSSR count). The van der Waals surface area contributed by atoms with Crippen LogP contribution in [0.3, 0.4) is 0 Å². The van der Waals surface area contributed by atoms with E-state index in [1.165, 1.54) is 43.5 Å². The molecule has 0 N–H and O–H groups in total. The molecule has 7 nitrogen and oxygen atoms in total. The fourth-order valence-corrected chi connectivity index (χ4v) is 7.05. The lowest BCUT2D eigenvalue weighted by atomic mass is 9.77. The molecule has 4 heterocycles. The number of carbonyl (C=O) groups is 2. The maximum atomic E-state index is 13.7. The molecule has 4 saturated heterocycles. The number of ether oxygens (including phenoxy) is 1. The molecule has 0 bridgehead atoms. The zero-order valence-corrected chi connectivity index (χ0v) is 23.6. The predicted octanol–water partition coefficient (Wildman–Crippen LogP) is 5.20. The number of likely N-dealkylation sites (tertiary alicyclic amines) is 2. The van der Waals surface area contributed by atoms with E-state index in [2.05, 4.69) is 41.8 Å². The molecule has 0 saturated carbocycles. The maximum Gasteiger partial charge on any atom is 0.410 e. The minimum absolute atomic E-state index is 0.229. The molecule has 4 aliphatic rings. The minimum Gasteiger partial charge on any atom is -0.444 e. The number of carbonyl (C=O) groups excluding carboxylic acids is 2. The average Bonchev–Trinajstić information content (AvgIpc) is 3.42. The molecule has 1 spiro atoms. The van der Waals surface area contributed by atoms with Gasteiger partial charge in [0.1, 0.15) is 5.60 Å². The van der Waals surface area contributed by atoms with Gasteiger partial charge < -0.3 is 19.4 Å². The standard InChI is InChI=1S/C30H46N4O3/c1-22-21-25(31-16-10-24(11-17-31)33-15-6-7-23(33)2)8-9-26(22)34-20-14-30(27(34)35)12-18-32(19-13-30)28(36)37-29(3,4)5/h8-9,21,23-24H,6-7,10-20H2,1-5H3/t23-/m0/s1. The first kappa shape index (κ1) is 26.3. The van der Waals surface area contributed by atoms with E-state index in [1.54, 1.807) is 4.90 Å². The Hall–Kier alpha value is -2.28. The molecule has 0 radical (unpaired) electrons. The van der Waals surface area contributed by atoms with Crippen LogP contribution in [0.4, 0.5) is 16.2 Å². The van der Waals surface area contributed by atoms with Gasteiger partial charge >= 0.3 is 6.09 Å². The number of nitrogens with zero attached hydrogens (tertiary/aromatic N) is 4. The number of piperidine rings is 2. The van der Waals surface area contributed by atoms with Crippen LogP contribution in [0.25, 0.3) is 0 Å². The molecule has 4 fully saturated rings. The van der Waals surface area contributed by atoms with Gasteiger partial charge in [-0.1, -0.05) is 0 Å². The van der Waals surface area contributed by atoms with Crippen LogP contribution in [0, 0.1) is 12.3 Å². The van der Waals surface area contributed by atoms with Gasteiger partial charge in [0.05, 0.1) is 5.41 Å². The van der Waals surface area contributed by atoms with Gasteiger partial charge in [-0.3, -0.25) is 9.69 Å². The summed E-state index contributed by atoms with van der Waals surface area (Å²) >= 11 is 0. The van der Waals surface area contributed by atoms with Crippen molar-refractivity contribution in [3.8, 4) is 0 Å². The van der Waals surface area contributed by atoms with E-state index in [1.807, 2.05) is 25.7 Å². The minimum atomic E-state index is -0.502. The molecule has 0 aliphatic carbocycles. The highest BCUT2D eigenvalue weighted by atomic mass is 16.6. The molecule has 204 valence electrons. The summed E-state index contributed by atoms with van der Waals surface area (Å²) < 4.78 is 5.54. The van der Waals surface area contributed by atoms with Crippen molar-refractivity contribution < 1.29 is 14.3 Å². The Balaban J connectivity index is 1.19. The van der Waals surface area contributed by atoms with Crippen molar-refractivity contribution in [1.82, 2.24) is 9.80 Å². The number of amides is 2. The van der Waals surface area contributed by atoms with E-state index >= 15 is 0 Å². The summed E-state index contributed by atoms with van der Waals surface area (Å²) in [4.78, 5) is 35.2. The first-order chi connectivity index (χ1) is 17.6. The van der Waals surface area contributed by atoms with Gasteiger partial charge in [-0.15, -0.1) is 0 Å². The molecular formula is C30H46N4O3. The van der Waals surface area contributed by atoms with E-state index in [4.69, 9.17) is 4.74 Å². The quantitative estimate of drug-likeness (QED) is 0.559. The van der Waals surface area contributed by atoms with Crippen molar-refractivity contribution in [3.63, 3.8) is 0 Å². The van der Waals surface area contributed by atoms with Gasteiger partial charge in [0.15, 0.2) is 0 Å². The Kier molecular flexibility index (Phi) is 7.20. The highest BCUT2D eigenvalue weighted by Gasteiger charge is 2.49. The summed E-state index contributed by atoms with van der Waals surface area (Å²) in [6.07, 6.45) is 7.18. The Morgan fingerprint density at radius 2 is 1.65 bits per heavy atom. The third kappa shape index (κ3) is 5.34. The van der Waals surface area contributed by atoms with Crippen molar-refractivity contribution in [3.05, 3.63) is 23.8 Å². The molecule has 7 heteroatoms. The van der Waals surface area contributed by atoms with Crippen molar-refractivity contribution >= 4 is 23.4 Å².